The molecule has 3 atom stereocenters. The fraction of sp³-hybridized carbons (Fsp3) is 0.625. The topological polar surface area (TPSA) is 38.0 Å². The number of benzene rings is 1. The van der Waals surface area contributed by atoms with Gasteiger partial charge in [-0.15, -0.1) is 11.8 Å². The molecule has 4 heteroatoms. The molecule has 1 aromatic rings. The summed E-state index contributed by atoms with van der Waals surface area (Å²) in [5, 5.41) is 0.832. The van der Waals surface area contributed by atoms with Gasteiger partial charge in [-0.1, -0.05) is 37.6 Å². The zero-order chi connectivity index (χ0) is 14.5. The summed E-state index contributed by atoms with van der Waals surface area (Å²) in [7, 11) is 0. The molecule has 0 spiro atoms. The number of thioether (sulfide) groups is 1. The summed E-state index contributed by atoms with van der Waals surface area (Å²) in [5.74, 6) is 9.07. The zero-order valence-electron chi connectivity index (χ0n) is 12.3. The monoisotopic (exact) mass is 312 g/mol. The fourth-order valence-electron chi connectivity index (χ4n) is 3.40. The quantitative estimate of drug-likeness (QED) is 0.482. The van der Waals surface area contributed by atoms with Crippen LogP contribution in [-0.2, 0) is 0 Å². The molecule has 1 aliphatic rings. The van der Waals surface area contributed by atoms with Crippen LogP contribution in [0.3, 0.4) is 0 Å². The Morgan fingerprint density at radius 3 is 2.50 bits per heavy atom. The Bertz CT molecular complexity index is 417. The molecular formula is C16H25ClN2S. The van der Waals surface area contributed by atoms with Crippen molar-refractivity contribution in [3.63, 3.8) is 0 Å². The van der Waals surface area contributed by atoms with E-state index in [0.717, 1.165) is 27.5 Å². The molecule has 0 aliphatic heterocycles. The number of hydrazine groups is 1. The largest absolute Gasteiger partial charge is 0.271 e. The molecule has 1 aromatic carbocycles. The smallest absolute Gasteiger partial charge is 0.0541 e. The Balaban J connectivity index is 1.93. The molecule has 1 saturated carbocycles. The molecule has 0 heterocycles. The van der Waals surface area contributed by atoms with Gasteiger partial charge in [0, 0.05) is 16.7 Å². The minimum absolute atomic E-state index is 0.362. The number of rotatable bonds is 5. The summed E-state index contributed by atoms with van der Waals surface area (Å²) < 4.78 is 0. The van der Waals surface area contributed by atoms with Gasteiger partial charge in [-0.25, -0.2) is 0 Å². The Labute approximate surface area is 131 Å². The summed E-state index contributed by atoms with van der Waals surface area (Å²) in [5.41, 5.74) is 3.04. The molecule has 0 amide bonds. The lowest BCUT2D eigenvalue weighted by Gasteiger charge is -2.36. The Kier molecular flexibility index (Phi) is 6.21. The average molecular weight is 313 g/mol. The molecule has 112 valence electrons. The minimum Gasteiger partial charge on any atom is -0.271 e. The molecule has 3 N–H and O–H groups in total. The van der Waals surface area contributed by atoms with Crippen LogP contribution in [0.25, 0.3) is 0 Å². The van der Waals surface area contributed by atoms with Gasteiger partial charge in [0.2, 0.25) is 0 Å². The highest BCUT2D eigenvalue weighted by Gasteiger charge is 2.29. The third-order valence-corrected chi connectivity index (χ3v) is 5.89. The van der Waals surface area contributed by atoms with Gasteiger partial charge in [-0.05, 0) is 49.1 Å². The summed E-state index contributed by atoms with van der Waals surface area (Å²) in [6.45, 7) is 4.72. The van der Waals surface area contributed by atoms with Crippen LogP contribution in [0.4, 0.5) is 0 Å². The molecule has 0 radical (unpaired) electrons. The Hall–Kier alpha value is -0.220. The highest BCUT2D eigenvalue weighted by Crippen LogP contribution is 2.36. The first-order valence-electron chi connectivity index (χ1n) is 7.43. The van der Waals surface area contributed by atoms with Crippen molar-refractivity contribution >= 4 is 23.4 Å². The van der Waals surface area contributed by atoms with Gasteiger partial charge in [0.1, 0.15) is 0 Å². The van der Waals surface area contributed by atoms with Crippen LogP contribution in [0.15, 0.2) is 29.2 Å². The second-order valence-electron chi connectivity index (χ2n) is 6.19. The molecule has 2 nitrogen and oxygen atoms in total. The summed E-state index contributed by atoms with van der Waals surface area (Å²) in [6.07, 6.45) is 3.91. The summed E-state index contributed by atoms with van der Waals surface area (Å²) >= 11 is 8.01. The number of hydrogen-bond donors (Lipinski definition) is 2. The molecule has 20 heavy (non-hydrogen) atoms. The van der Waals surface area contributed by atoms with E-state index in [-0.39, 0.29) is 0 Å². The SMILES string of the molecule is CC1CC(C)CC(C(CSc2ccccc2Cl)NN)C1. The van der Waals surface area contributed by atoms with Gasteiger partial charge in [0.15, 0.2) is 0 Å². The normalized spacial score (nSPS) is 28.3. The Morgan fingerprint density at radius 1 is 1.25 bits per heavy atom. The lowest BCUT2D eigenvalue weighted by molar-refractivity contribution is 0.185. The molecule has 3 unspecified atom stereocenters. The second kappa shape index (κ2) is 7.69. The van der Waals surface area contributed by atoms with Crippen LogP contribution in [-0.4, -0.2) is 11.8 Å². The van der Waals surface area contributed by atoms with Gasteiger partial charge in [0.05, 0.1) is 5.02 Å². The predicted octanol–water partition coefficient (Wildman–Crippen LogP) is 4.34. The maximum absolute atomic E-state index is 6.21. The third-order valence-electron chi connectivity index (χ3n) is 4.25. The van der Waals surface area contributed by atoms with E-state index in [4.69, 9.17) is 17.4 Å². The van der Waals surface area contributed by atoms with Crippen LogP contribution < -0.4 is 11.3 Å². The van der Waals surface area contributed by atoms with Gasteiger partial charge >= 0.3 is 0 Å². The molecule has 0 bridgehead atoms. The van der Waals surface area contributed by atoms with Crippen LogP contribution >= 0.6 is 23.4 Å². The van der Waals surface area contributed by atoms with Crippen molar-refractivity contribution in [2.45, 2.75) is 44.0 Å². The maximum atomic E-state index is 6.21. The van der Waals surface area contributed by atoms with Crippen molar-refractivity contribution in [3.05, 3.63) is 29.3 Å². The fourth-order valence-corrected chi connectivity index (χ4v) is 4.81. The molecule has 0 saturated heterocycles. The Morgan fingerprint density at radius 2 is 1.90 bits per heavy atom. The number of halogens is 1. The maximum Gasteiger partial charge on any atom is 0.0541 e. The van der Waals surface area contributed by atoms with Gasteiger partial charge in [0.25, 0.3) is 0 Å². The third kappa shape index (κ3) is 4.39. The molecule has 1 fully saturated rings. The summed E-state index contributed by atoms with van der Waals surface area (Å²) in [6, 6.07) is 8.38. The average Bonchev–Trinajstić information content (AvgIpc) is 2.40. The molecular weight excluding hydrogens is 288 g/mol. The van der Waals surface area contributed by atoms with Gasteiger partial charge < -0.3 is 0 Å². The van der Waals surface area contributed by atoms with Crippen molar-refractivity contribution in [1.82, 2.24) is 5.43 Å². The van der Waals surface area contributed by atoms with Gasteiger partial charge in [-0.3, -0.25) is 11.3 Å². The van der Waals surface area contributed by atoms with Crippen molar-refractivity contribution in [3.8, 4) is 0 Å². The predicted molar refractivity (Wildman–Crippen MR) is 89.0 cm³/mol. The number of hydrogen-bond acceptors (Lipinski definition) is 3. The lowest BCUT2D eigenvalue weighted by Crippen LogP contribution is -2.45. The summed E-state index contributed by atoms with van der Waals surface area (Å²) in [4.78, 5) is 1.14. The van der Waals surface area contributed by atoms with E-state index in [9.17, 15) is 0 Å². The van der Waals surface area contributed by atoms with Crippen LogP contribution in [0.2, 0.25) is 5.02 Å². The van der Waals surface area contributed by atoms with E-state index in [2.05, 4.69) is 25.3 Å². The second-order valence-corrected chi connectivity index (χ2v) is 7.66. The van der Waals surface area contributed by atoms with E-state index in [1.165, 1.54) is 19.3 Å². The first-order chi connectivity index (χ1) is 9.60. The van der Waals surface area contributed by atoms with Crippen molar-refractivity contribution in [1.29, 1.82) is 0 Å². The zero-order valence-corrected chi connectivity index (χ0v) is 13.9. The molecule has 2 rings (SSSR count). The van der Waals surface area contributed by atoms with E-state index in [1.807, 2.05) is 18.2 Å². The van der Waals surface area contributed by atoms with Crippen LogP contribution in [0, 0.1) is 17.8 Å². The minimum atomic E-state index is 0.362. The number of nitrogens with one attached hydrogen (secondary N) is 1. The van der Waals surface area contributed by atoms with Crippen LogP contribution in [0.5, 0.6) is 0 Å². The van der Waals surface area contributed by atoms with Crippen molar-refractivity contribution in [2.24, 2.45) is 23.6 Å². The van der Waals surface area contributed by atoms with E-state index < -0.39 is 0 Å². The molecule has 0 aromatic heterocycles. The van der Waals surface area contributed by atoms with E-state index in [1.54, 1.807) is 11.8 Å². The first kappa shape index (κ1) is 16.2. The van der Waals surface area contributed by atoms with Gasteiger partial charge in [-0.2, -0.15) is 0 Å². The highest BCUT2D eigenvalue weighted by atomic mass is 35.5. The van der Waals surface area contributed by atoms with E-state index >= 15 is 0 Å². The van der Waals surface area contributed by atoms with Crippen molar-refractivity contribution in [2.75, 3.05) is 5.75 Å². The van der Waals surface area contributed by atoms with Crippen LogP contribution in [0.1, 0.15) is 33.1 Å². The van der Waals surface area contributed by atoms with E-state index in [0.29, 0.717) is 12.0 Å². The molecule has 1 aliphatic carbocycles. The lowest BCUT2D eigenvalue weighted by atomic mass is 9.74. The number of nitrogens with two attached hydrogens (primary N) is 1. The highest BCUT2D eigenvalue weighted by molar-refractivity contribution is 7.99. The standard InChI is InChI=1S/C16H25ClN2S/c1-11-7-12(2)9-13(8-11)15(19-18)10-20-16-6-4-3-5-14(16)17/h3-6,11-13,15,19H,7-10,18H2,1-2H3. The van der Waals surface area contributed by atoms with Crippen molar-refractivity contribution < 1.29 is 0 Å². The first-order valence-corrected chi connectivity index (χ1v) is 8.80.